The number of rotatable bonds is 14. The van der Waals surface area contributed by atoms with E-state index in [0.29, 0.717) is 113 Å². The molecule has 20 heteroatoms. The number of aromatic nitrogens is 14. The molecule has 0 saturated heterocycles. The van der Waals surface area contributed by atoms with Crippen LogP contribution in [0.15, 0.2) is 292 Å². The Kier molecular flexibility index (Phi) is 24.5. The molecule has 0 saturated carbocycles. The minimum Gasteiger partial charge on any atom is -0.507 e. The van der Waals surface area contributed by atoms with Crippen LogP contribution in [0, 0.1) is 0 Å². The highest BCUT2D eigenvalue weighted by atomic mass is 16.3. The Morgan fingerprint density at radius 2 is 0.397 bits per heavy atom. The molecule has 0 radical (unpaired) electrons. The first-order valence-electron chi connectivity index (χ1n) is 45.6. The molecule has 0 unspecified atom stereocenters. The molecule has 19 rings (SSSR count). The quantitative estimate of drug-likeness (QED) is 0.0452. The number of benzene rings is 7. The van der Waals surface area contributed by atoms with Crippen LogP contribution >= 0.6 is 0 Å². The molecule has 0 aliphatic rings. The van der Waals surface area contributed by atoms with Crippen LogP contribution in [0.4, 0.5) is 0 Å². The molecule has 10 N–H and O–H groups in total. The van der Waals surface area contributed by atoms with E-state index in [9.17, 15) is 30.6 Å². The second-order valence-electron chi connectivity index (χ2n) is 40.8. The first-order chi connectivity index (χ1) is 64.7. The van der Waals surface area contributed by atoms with Crippen LogP contribution in [0.3, 0.4) is 0 Å². The molecule has 136 heavy (non-hydrogen) atoms. The molecule has 19 aromatic rings. The second-order valence-corrected chi connectivity index (χ2v) is 40.8. The molecule has 0 bridgehead atoms. The average Bonchev–Trinajstić information content (AvgIpc) is 0.925. The maximum Gasteiger partial charge on any atom is 0.134 e. The van der Waals surface area contributed by atoms with Crippen LogP contribution < -0.4 is 0 Å². The monoisotopic (exact) mass is 1800 g/mol. The summed E-state index contributed by atoms with van der Waals surface area (Å²) in [4.78, 5) is 60.0. The summed E-state index contributed by atoms with van der Waals surface area (Å²) in [7, 11) is 0. The van der Waals surface area contributed by atoms with Crippen molar-refractivity contribution in [1.82, 2.24) is 69.8 Å². The van der Waals surface area contributed by atoms with Gasteiger partial charge in [0.1, 0.15) is 47.2 Å². The molecule has 0 fully saturated rings. The summed E-state index contributed by atoms with van der Waals surface area (Å²) in [5, 5.41) is 71.1. The van der Waals surface area contributed by atoms with Crippen LogP contribution in [0.2, 0.25) is 0 Å². The van der Waals surface area contributed by atoms with Crippen LogP contribution in [-0.2, 0) is 32.5 Å². The number of aromatic amines is 4. The van der Waals surface area contributed by atoms with Crippen LogP contribution in [-0.4, -0.2) is 100 Å². The number of fused-ring (bicyclic) bond motifs is 3. The molecule has 12 aromatic heterocycles. The Balaban J connectivity index is 0.000000142. The van der Waals surface area contributed by atoms with E-state index in [4.69, 9.17) is 29.9 Å². The fraction of sp³-hybridized carbons (Fsp3) is 0.207. The van der Waals surface area contributed by atoms with E-state index < -0.39 is 0 Å². The predicted molar refractivity (Wildman–Crippen MR) is 548 cm³/mol. The van der Waals surface area contributed by atoms with Gasteiger partial charge in [-0.1, -0.05) is 173 Å². The molecule has 20 nitrogen and oxygen atoms in total. The highest BCUT2D eigenvalue weighted by molar-refractivity contribution is 6.05. The van der Waals surface area contributed by atoms with Gasteiger partial charge in [0.25, 0.3) is 0 Å². The number of hydrogen-bond donors (Lipinski definition) is 10. The van der Waals surface area contributed by atoms with Gasteiger partial charge in [-0.15, -0.1) is 0 Å². The maximum absolute atomic E-state index is 11.6. The van der Waals surface area contributed by atoms with Gasteiger partial charge in [0.2, 0.25) is 0 Å². The van der Waals surface area contributed by atoms with Crippen LogP contribution in [0.1, 0.15) is 158 Å². The smallest absolute Gasteiger partial charge is 0.134 e. The number of phenols is 6. The van der Waals surface area contributed by atoms with E-state index >= 15 is 0 Å². The van der Waals surface area contributed by atoms with E-state index in [1.807, 2.05) is 243 Å². The lowest BCUT2D eigenvalue weighted by Gasteiger charge is -2.22. The molecule has 12 heterocycles. The molecule has 7 aromatic carbocycles. The molecule has 0 spiro atoms. The van der Waals surface area contributed by atoms with Crippen molar-refractivity contribution in [2.45, 2.75) is 157 Å². The van der Waals surface area contributed by atoms with Gasteiger partial charge in [-0.25, -0.2) is 49.8 Å². The standard InChI is InChI=1S/C40H38N4O2.C38H36N6O2.C38H38N4O2/c1-39(2,3)25-19-27(31-9-7-17-41-31)37(45)29(21-25)33-15-13-23-11-12-24-14-16-34(44-36(24)35(23)43-33)30-22-26(40(4,5)6)20-28(38(30)46)32-10-8-18-42-32;1-37(2,3)23-17-25(29-13-15-39-21-41-29)35(45)27(19-23)31-9-7-11-33(43-31)34-12-8-10-32(44-34)28-20-24(38(4,5)6)18-26(36(28)46)30-14-16-40-22-42-30;1-37(2,3)23-19-25(29-15-9-17-39-29)35(43)27(21-23)31-11-7-13-33(41-31)34-14-8-12-32(42-34)28-22-24(38(4,5)6)20-26(36(28)44)30-16-10-18-40-30/h7-22,41-42,45-46H,1-6H3;7-22,45-46H,1-6H3;7-22,39-40,43-44H,1-6H3. The molecule has 682 valence electrons. The Morgan fingerprint density at radius 3 is 0.603 bits per heavy atom. The number of H-pyrrole nitrogens is 4. The molecule has 0 aliphatic carbocycles. The predicted octanol–water partition coefficient (Wildman–Crippen LogP) is 28.0. The Labute approximate surface area is 792 Å². The third kappa shape index (κ3) is 19.1. The SMILES string of the molecule is CC(C)(C)c1cc(-c2ccc3ccc4ccc(-c5cc(C(C)(C)C)cc(-c6ccc[nH]6)c5O)nc4c3n2)c(O)c(-c2ccc[nH]2)c1.CC(C)(C)c1cc(-c2cccc(-c3cccc(-c4cc(C(C)(C)C)cc(-c5ccc[nH]5)c4O)n3)n2)c(O)c(-c2ccc[nH]2)c1.CC(C)(C)c1cc(-c2ccncn2)c(O)c(-c2cccc(-c3cccc(-c4cc(C(C)(C)C)cc(-c5ccncn5)c4O)n3)n2)c1. The van der Waals surface area contributed by atoms with Crippen molar-refractivity contribution >= 4 is 21.8 Å². The van der Waals surface area contributed by atoms with Crippen molar-refractivity contribution in [3.8, 4) is 192 Å². The Morgan fingerprint density at radius 1 is 0.199 bits per heavy atom. The normalized spacial score (nSPS) is 12.1. The van der Waals surface area contributed by atoms with Gasteiger partial charge in [-0.2, -0.15) is 0 Å². The minimum absolute atomic E-state index is 0.0965. The summed E-state index contributed by atoms with van der Waals surface area (Å²) in [5.41, 5.74) is 26.1. The second kappa shape index (κ2) is 36.2. The summed E-state index contributed by atoms with van der Waals surface area (Å²) in [5.74, 6) is 0.896. The van der Waals surface area contributed by atoms with Crippen molar-refractivity contribution in [3.63, 3.8) is 0 Å². The van der Waals surface area contributed by atoms with Gasteiger partial charge in [0.15, 0.2) is 0 Å². The van der Waals surface area contributed by atoms with E-state index in [2.05, 4.69) is 177 Å². The summed E-state index contributed by atoms with van der Waals surface area (Å²) in [6.45, 7) is 38.7. The highest BCUT2D eigenvalue weighted by Crippen LogP contribution is 2.50. The number of pyridine rings is 6. The number of nitrogens with zero attached hydrogens (tertiary/aromatic N) is 10. The lowest BCUT2D eigenvalue weighted by molar-refractivity contribution is 0.477. The number of hydrogen-bond acceptors (Lipinski definition) is 16. The maximum atomic E-state index is 11.6. The van der Waals surface area contributed by atoms with Crippen molar-refractivity contribution in [1.29, 1.82) is 0 Å². The zero-order valence-corrected chi connectivity index (χ0v) is 79.9. The van der Waals surface area contributed by atoms with E-state index in [1.54, 1.807) is 24.5 Å². The number of aromatic hydroxyl groups is 6. The summed E-state index contributed by atoms with van der Waals surface area (Å²) in [6.07, 6.45) is 13.7. The van der Waals surface area contributed by atoms with E-state index in [-0.39, 0.29) is 67.0 Å². The third-order valence-corrected chi connectivity index (χ3v) is 24.8. The zero-order valence-electron chi connectivity index (χ0n) is 79.9. The highest BCUT2D eigenvalue weighted by Gasteiger charge is 2.31. The van der Waals surface area contributed by atoms with Gasteiger partial charge in [0.05, 0.1) is 79.4 Å². The average molecular weight is 1800 g/mol. The number of phenolic OH excluding ortho intramolecular Hbond substituents is 6. The van der Waals surface area contributed by atoms with E-state index in [1.165, 1.54) is 12.7 Å². The summed E-state index contributed by atoms with van der Waals surface area (Å²) < 4.78 is 0. The minimum atomic E-state index is -0.189. The molecular formula is C116H112N14O6. The van der Waals surface area contributed by atoms with Crippen molar-refractivity contribution in [2.24, 2.45) is 0 Å². The van der Waals surface area contributed by atoms with Gasteiger partial charge in [0, 0.05) is 137 Å². The Bertz CT molecular complexity index is 7190. The molecular weight excluding hydrogens is 1690 g/mol. The largest absolute Gasteiger partial charge is 0.507 e. The topological polar surface area (TPSA) is 313 Å². The molecule has 0 amide bonds. The van der Waals surface area contributed by atoms with Crippen molar-refractivity contribution in [3.05, 3.63) is 326 Å². The fourth-order valence-electron chi connectivity index (χ4n) is 16.7. The lowest BCUT2D eigenvalue weighted by atomic mass is 9.83. The van der Waals surface area contributed by atoms with Crippen LogP contribution in [0.5, 0.6) is 34.5 Å². The zero-order chi connectivity index (χ0) is 96.2. The van der Waals surface area contributed by atoms with Crippen LogP contribution in [0.25, 0.3) is 180 Å². The lowest BCUT2D eigenvalue weighted by Crippen LogP contribution is -2.11. The summed E-state index contributed by atoms with van der Waals surface area (Å²) in [6, 6.07) is 78.3. The van der Waals surface area contributed by atoms with Gasteiger partial charge in [-0.05, 0) is 260 Å². The molecule has 0 aliphatic heterocycles. The third-order valence-electron chi connectivity index (χ3n) is 24.8. The van der Waals surface area contributed by atoms with Gasteiger partial charge < -0.3 is 50.6 Å². The first kappa shape index (κ1) is 91.9. The van der Waals surface area contributed by atoms with E-state index in [0.717, 1.165) is 100 Å². The van der Waals surface area contributed by atoms with Crippen molar-refractivity contribution in [2.75, 3.05) is 0 Å². The first-order valence-corrected chi connectivity index (χ1v) is 45.6. The molecule has 0 atom stereocenters. The fourth-order valence-corrected chi connectivity index (χ4v) is 16.7. The number of nitrogens with one attached hydrogen (secondary N) is 4. The van der Waals surface area contributed by atoms with Gasteiger partial charge in [-0.3, -0.25) is 0 Å². The summed E-state index contributed by atoms with van der Waals surface area (Å²) >= 11 is 0. The van der Waals surface area contributed by atoms with Gasteiger partial charge >= 0.3 is 0 Å². The van der Waals surface area contributed by atoms with Crippen molar-refractivity contribution < 1.29 is 30.6 Å². The Hall–Kier alpha value is -16.0.